The van der Waals surface area contributed by atoms with Crippen LogP contribution in [0.5, 0.6) is 0 Å². The van der Waals surface area contributed by atoms with Crippen LogP contribution in [-0.2, 0) is 0 Å². The summed E-state index contributed by atoms with van der Waals surface area (Å²) in [5.41, 5.74) is 3.21. The van der Waals surface area contributed by atoms with Crippen LogP contribution in [0, 0.1) is 20.8 Å². The summed E-state index contributed by atoms with van der Waals surface area (Å²) in [6.45, 7) is 6.83. The first-order chi connectivity index (χ1) is 4.66. The Kier molecular flexibility index (Phi) is 2.88. The van der Waals surface area contributed by atoms with Crippen molar-refractivity contribution in [2.24, 2.45) is 0 Å². The van der Waals surface area contributed by atoms with Crippen LogP contribution in [0.3, 0.4) is 0 Å². The van der Waals surface area contributed by atoms with Gasteiger partial charge in [-0.2, -0.15) is 0 Å². The van der Waals surface area contributed by atoms with E-state index < -0.39 is 0 Å². The van der Waals surface area contributed by atoms with Gasteiger partial charge in [0.2, 0.25) is 0 Å². The van der Waals surface area contributed by atoms with Crippen LogP contribution in [0.4, 0.5) is 0 Å². The number of hydrogen-bond donors (Lipinski definition) is 0. The molecule has 2 radical (unpaired) electrons. The Morgan fingerprint density at radius 2 is 1.70 bits per heavy atom. The summed E-state index contributed by atoms with van der Waals surface area (Å²) in [7, 11) is 1.07. The van der Waals surface area contributed by atoms with Gasteiger partial charge in [-0.15, -0.1) is 0 Å². The van der Waals surface area contributed by atoms with Crippen LogP contribution in [-0.4, -0.2) is 21.1 Å². The number of hydrogen-bond acceptors (Lipinski definition) is 0. The van der Waals surface area contributed by atoms with Crippen LogP contribution < -0.4 is 3.31 Å². The minimum atomic E-state index is -0.118. The van der Waals surface area contributed by atoms with E-state index in [2.05, 4.69) is 25.7 Å². The summed E-state index contributed by atoms with van der Waals surface area (Å²) in [5.74, 6) is 0. The second-order valence-electron chi connectivity index (χ2n) is 2.62. The van der Waals surface area contributed by atoms with E-state index in [-0.39, 0.29) is 21.1 Å². The fraction of sp³-hybridized carbons (Fsp3) is 0.500. The molecule has 0 fully saturated rings. The van der Waals surface area contributed by atoms with Crippen molar-refractivity contribution in [1.82, 2.24) is 0 Å². The van der Waals surface area contributed by atoms with E-state index in [1.165, 1.54) is 0 Å². The van der Waals surface area contributed by atoms with Crippen LogP contribution in [0.15, 0.2) is 0 Å². The average molecular weight is 259 g/mol. The molecule has 54 valence electrons. The molecule has 0 aromatic carbocycles. The third-order valence-corrected chi connectivity index (χ3v) is 8.68. The van der Waals surface area contributed by atoms with Gasteiger partial charge in [0.05, 0.1) is 0 Å². The van der Waals surface area contributed by atoms with E-state index in [0.29, 0.717) is 0 Å². The third-order valence-electron chi connectivity index (χ3n) is 2.06. The summed E-state index contributed by atoms with van der Waals surface area (Å²) in [5, 5.41) is 1.63. The zero-order valence-corrected chi connectivity index (χ0v) is 10.9. The van der Waals surface area contributed by atoms with Crippen LogP contribution >= 0.6 is 8.19 Å². The molecule has 1 aromatic rings. The molecule has 2 heteroatoms. The van der Waals surface area contributed by atoms with Gasteiger partial charge in [0.1, 0.15) is 0 Å². The molecule has 1 heterocycles. The molecule has 0 aliphatic heterocycles. The molecule has 0 amide bonds. The van der Waals surface area contributed by atoms with Crippen molar-refractivity contribution in [2.75, 3.05) is 0 Å². The molecule has 0 aliphatic carbocycles. The molecule has 0 saturated heterocycles. The number of rotatable bonds is 1. The molecule has 10 heavy (non-hydrogen) atoms. The molecule has 1 aromatic heterocycles. The second kappa shape index (κ2) is 3.32. The Balaban J connectivity index is 3.17. The maximum absolute atomic E-state index is 2.42. The molecular weight excluding hydrogens is 246 g/mol. The van der Waals surface area contributed by atoms with Gasteiger partial charge in [0, 0.05) is 0 Å². The quantitative estimate of drug-likeness (QED) is 0.677. The molecule has 0 aliphatic rings. The van der Waals surface area contributed by atoms with Gasteiger partial charge in [-0.1, -0.05) is 0 Å². The van der Waals surface area contributed by atoms with Crippen molar-refractivity contribution < 1.29 is 0 Å². The normalized spacial score (nSPS) is 11.2. The Labute approximate surface area is 74.7 Å². The topological polar surface area (TPSA) is 0 Å². The fourth-order valence-corrected chi connectivity index (χ4v) is 6.62. The zero-order chi connectivity index (χ0) is 7.72. The molecule has 0 nitrogen and oxygen atoms in total. The molecule has 0 spiro atoms. The van der Waals surface area contributed by atoms with Gasteiger partial charge in [-0.3, -0.25) is 0 Å². The first kappa shape index (κ1) is 8.67. The van der Waals surface area contributed by atoms with E-state index in [9.17, 15) is 0 Å². The number of aryl methyl sites for hydroxylation is 1. The van der Waals surface area contributed by atoms with Gasteiger partial charge in [0.25, 0.3) is 0 Å². The van der Waals surface area contributed by atoms with Gasteiger partial charge in [-0.05, 0) is 0 Å². The summed E-state index contributed by atoms with van der Waals surface area (Å²) in [4.78, 5) is 2.42. The molecule has 1 unspecified atom stereocenters. The summed E-state index contributed by atoms with van der Waals surface area (Å²) >= 11 is -0.118. The first-order valence-corrected chi connectivity index (χ1v) is 8.78. The Morgan fingerprint density at radius 3 is 1.90 bits per heavy atom. The minimum absolute atomic E-state index is 0.118. The van der Waals surface area contributed by atoms with Crippen molar-refractivity contribution in [3.63, 3.8) is 0 Å². The summed E-state index contributed by atoms with van der Waals surface area (Å²) in [6.07, 6.45) is 0. The van der Waals surface area contributed by atoms with E-state index >= 15 is 0 Å². The van der Waals surface area contributed by atoms with E-state index in [4.69, 9.17) is 0 Å². The standard InChI is InChI=1S/C7H10P.CH3.Sn/c1-5-4-8-7(3)6(5)2;;/h8H,1-3H3;1H3;. The van der Waals surface area contributed by atoms with Crippen molar-refractivity contribution in [1.29, 1.82) is 0 Å². The summed E-state index contributed by atoms with van der Waals surface area (Å²) < 4.78 is 1.83. The van der Waals surface area contributed by atoms with E-state index in [1.54, 1.807) is 16.4 Å². The zero-order valence-electron chi connectivity index (χ0n) is 7.00. The molecule has 1 rings (SSSR count). The van der Waals surface area contributed by atoms with Gasteiger partial charge < -0.3 is 0 Å². The average Bonchev–Trinajstić information content (AvgIpc) is 2.17. The first-order valence-electron chi connectivity index (χ1n) is 3.50. The van der Waals surface area contributed by atoms with Crippen LogP contribution in [0.2, 0.25) is 4.94 Å². The predicted octanol–water partition coefficient (Wildman–Crippen LogP) is 2.02. The van der Waals surface area contributed by atoms with Crippen molar-refractivity contribution in [3.8, 4) is 0 Å². The summed E-state index contributed by atoms with van der Waals surface area (Å²) in [6, 6.07) is 0. The SMILES string of the molecule is [CH3][Sn][c]1[pH]c(C)c(C)c1C. The maximum atomic E-state index is 2.42. The Hall–Kier alpha value is 0.579. The monoisotopic (exact) mass is 260 g/mol. The molecule has 0 N–H and O–H groups in total. The fourth-order valence-electron chi connectivity index (χ4n) is 1.09. The van der Waals surface area contributed by atoms with Crippen molar-refractivity contribution >= 4 is 32.6 Å². The Morgan fingerprint density at radius 1 is 1.10 bits per heavy atom. The second-order valence-corrected chi connectivity index (χ2v) is 8.41. The molecule has 0 bridgehead atoms. The molecule has 1 atom stereocenters. The van der Waals surface area contributed by atoms with Gasteiger partial charge in [0.15, 0.2) is 0 Å². The van der Waals surface area contributed by atoms with E-state index in [0.717, 1.165) is 8.19 Å². The predicted molar refractivity (Wildman–Crippen MR) is 51.4 cm³/mol. The van der Waals surface area contributed by atoms with Gasteiger partial charge >= 0.3 is 74.8 Å². The molecule has 0 saturated carbocycles. The van der Waals surface area contributed by atoms with E-state index in [1.807, 2.05) is 3.31 Å². The Bertz CT molecular complexity index is 238. The van der Waals surface area contributed by atoms with Gasteiger partial charge in [-0.25, -0.2) is 0 Å². The molecular formula is C8H13PSn. The van der Waals surface area contributed by atoms with Crippen molar-refractivity contribution in [2.45, 2.75) is 25.7 Å². The van der Waals surface area contributed by atoms with Crippen molar-refractivity contribution in [3.05, 3.63) is 16.4 Å². The van der Waals surface area contributed by atoms with Crippen LogP contribution in [0.25, 0.3) is 0 Å². The van der Waals surface area contributed by atoms with Crippen LogP contribution in [0.1, 0.15) is 16.4 Å². The third kappa shape index (κ3) is 1.43.